The van der Waals surface area contributed by atoms with Crippen LogP contribution in [0.15, 0.2) is 218 Å². The van der Waals surface area contributed by atoms with Crippen LogP contribution in [-0.2, 0) is 10.8 Å². The molecule has 0 bridgehead atoms. The van der Waals surface area contributed by atoms with Crippen LogP contribution in [-0.4, -0.2) is 21.7 Å². The number of hydrogen-bond acceptors (Lipinski definition) is 5. The number of anilines is 6. The number of fused-ring (bicyclic) bond motifs is 6. The van der Waals surface area contributed by atoms with Gasteiger partial charge in [0.25, 0.3) is 6.71 Å². The lowest BCUT2D eigenvalue weighted by Gasteiger charge is -2.45. The average Bonchev–Trinajstić information content (AvgIpc) is 2.51. The van der Waals surface area contributed by atoms with Gasteiger partial charge in [-0.05, 0) is 129 Å². The van der Waals surface area contributed by atoms with Crippen molar-refractivity contribution >= 4 is 122 Å². The molecule has 0 radical (unpaired) electrons. The molecule has 2 aliphatic rings. The molecule has 6 heteroatoms. The van der Waals surface area contributed by atoms with Crippen LogP contribution in [0.25, 0.3) is 98.8 Å². The van der Waals surface area contributed by atoms with E-state index in [9.17, 15) is 0 Å². The number of aromatic nitrogens is 3. The highest BCUT2D eigenvalue weighted by molar-refractivity contribution is 7.01. The van der Waals surface area contributed by atoms with Gasteiger partial charge in [0.1, 0.15) is 0 Å². The van der Waals surface area contributed by atoms with Gasteiger partial charge >= 0.3 is 0 Å². The second kappa shape index (κ2) is 16.6. The van der Waals surface area contributed by atoms with E-state index in [0.29, 0.717) is 17.5 Å². The van der Waals surface area contributed by atoms with E-state index in [0.717, 1.165) is 39.4 Å². The Balaban J connectivity index is 1.09. The summed E-state index contributed by atoms with van der Waals surface area (Å²) in [6.45, 7) is 13.6. The predicted octanol–water partition coefficient (Wildman–Crippen LogP) is 17.3. The summed E-state index contributed by atoms with van der Waals surface area (Å²) in [5, 5.41) is 15.1. The average molecular weight is 1010 g/mol. The van der Waals surface area contributed by atoms with Crippen molar-refractivity contribution in [1.82, 2.24) is 15.0 Å². The Morgan fingerprint density at radius 2 is 0.696 bits per heavy atom. The van der Waals surface area contributed by atoms with Crippen molar-refractivity contribution in [3.8, 4) is 34.2 Å². The van der Waals surface area contributed by atoms with Crippen molar-refractivity contribution in [3.05, 3.63) is 230 Å². The minimum Gasteiger partial charge on any atom is -0.311 e. The summed E-state index contributed by atoms with van der Waals surface area (Å²) < 4.78 is 0. The van der Waals surface area contributed by atoms with Gasteiger partial charge in [0, 0.05) is 61.6 Å². The van der Waals surface area contributed by atoms with E-state index >= 15 is 0 Å². The third kappa shape index (κ3) is 6.86. The molecule has 0 unspecified atom stereocenters. The quantitative estimate of drug-likeness (QED) is 0.127. The molecule has 0 atom stereocenters. The SMILES string of the molecule is CC(C)(C)c1ccc(N2c3cc(-c4nc(-c5ccccc5)nc(-c5ccccc5)n4)cc4c3B(c3cc5ccc6cccc7ccc(c32)c5c67)c2cc3ccc5cccc6ccc(c2N4c2ccc(C(C)(C)C)cc2)c3c56)cc1. The largest absolute Gasteiger partial charge is 0.311 e. The minimum atomic E-state index is -0.166. The molecule has 0 N–H and O–H groups in total. The van der Waals surface area contributed by atoms with Gasteiger partial charge in [0.2, 0.25) is 0 Å². The predicted molar refractivity (Wildman–Crippen MR) is 335 cm³/mol. The normalized spacial score (nSPS) is 13.4. The topological polar surface area (TPSA) is 45.2 Å². The van der Waals surface area contributed by atoms with Crippen molar-refractivity contribution in [3.63, 3.8) is 0 Å². The highest BCUT2D eigenvalue weighted by Gasteiger charge is 2.46. The van der Waals surface area contributed by atoms with Crippen molar-refractivity contribution in [2.75, 3.05) is 9.80 Å². The van der Waals surface area contributed by atoms with Gasteiger partial charge in [-0.3, -0.25) is 0 Å². The molecule has 0 spiro atoms. The fraction of sp³-hybridized carbons (Fsp3) is 0.110. The highest BCUT2D eigenvalue weighted by Crippen LogP contribution is 2.52. The fourth-order valence-corrected chi connectivity index (χ4v) is 13.4. The van der Waals surface area contributed by atoms with Crippen molar-refractivity contribution in [1.29, 1.82) is 0 Å². The Morgan fingerprint density at radius 3 is 1.09 bits per heavy atom. The van der Waals surface area contributed by atoms with Crippen LogP contribution in [0.2, 0.25) is 0 Å². The highest BCUT2D eigenvalue weighted by atomic mass is 15.2. The van der Waals surface area contributed by atoms with Gasteiger partial charge in [-0.2, -0.15) is 0 Å². The Kier molecular flexibility index (Phi) is 9.60. The zero-order valence-corrected chi connectivity index (χ0v) is 45.1. The lowest BCUT2D eigenvalue weighted by molar-refractivity contribution is 0.590. The van der Waals surface area contributed by atoms with Crippen LogP contribution in [0.4, 0.5) is 34.1 Å². The van der Waals surface area contributed by atoms with E-state index in [1.165, 1.54) is 104 Å². The Bertz CT molecular complexity index is 4460. The van der Waals surface area contributed by atoms with E-state index in [1.807, 2.05) is 12.1 Å². The maximum atomic E-state index is 5.47. The van der Waals surface area contributed by atoms with Crippen LogP contribution in [0, 0.1) is 0 Å². The minimum absolute atomic E-state index is 0.0370. The fourth-order valence-electron chi connectivity index (χ4n) is 13.4. The standard InChI is InChI=1S/C73H54BN5/c1-72(2,3)52-29-33-54(34-30-52)78-60-41-51(71-76-69(47-15-9-7-10-16-47)75-70(77-71)48-17-11-8-12-18-48)42-61-66(60)74(58-39-49-25-23-43-19-13-21-45-27-37-56(67(58)78)64(49)62(43)45)59-40-50-26-24-44-20-14-22-46-28-38-57(65(50)63(44)46)68(59)79(61)55-35-31-53(32-36-55)73(4,5)6/h7-42H,1-6H3. The molecule has 5 nitrogen and oxygen atoms in total. The van der Waals surface area contributed by atoms with Crippen LogP contribution in [0.3, 0.4) is 0 Å². The summed E-state index contributed by atoms with van der Waals surface area (Å²) in [7, 11) is 0. The van der Waals surface area contributed by atoms with E-state index in [2.05, 4.69) is 258 Å². The second-order valence-corrected chi connectivity index (χ2v) is 24.0. The molecule has 13 aromatic carbocycles. The van der Waals surface area contributed by atoms with Gasteiger partial charge in [-0.25, -0.2) is 15.0 Å². The molecule has 1 aromatic heterocycles. The van der Waals surface area contributed by atoms with E-state index in [1.54, 1.807) is 0 Å². The van der Waals surface area contributed by atoms with Gasteiger partial charge in [0.05, 0.1) is 0 Å². The Labute approximate surface area is 460 Å². The molecule has 0 fully saturated rings. The first-order chi connectivity index (χ1) is 38.4. The van der Waals surface area contributed by atoms with Gasteiger partial charge < -0.3 is 9.80 Å². The molecule has 0 saturated heterocycles. The molecule has 374 valence electrons. The molecular formula is C73H54BN5. The van der Waals surface area contributed by atoms with Crippen LogP contribution < -0.4 is 26.2 Å². The lowest BCUT2D eigenvalue weighted by Crippen LogP contribution is -2.61. The van der Waals surface area contributed by atoms with E-state index < -0.39 is 0 Å². The number of nitrogens with zero attached hydrogens (tertiary/aromatic N) is 5. The van der Waals surface area contributed by atoms with Crippen molar-refractivity contribution in [2.45, 2.75) is 52.4 Å². The zero-order chi connectivity index (χ0) is 53.1. The first-order valence-corrected chi connectivity index (χ1v) is 27.7. The van der Waals surface area contributed by atoms with Crippen LogP contribution in [0.5, 0.6) is 0 Å². The van der Waals surface area contributed by atoms with Crippen molar-refractivity contribution in [2.24, 2.45) is 0 Å². The zero-order valence-electron chi connectivity index (χ0n) is 45.1. The molecule has 14 aromatic rings. The van der Waals surface area contributed by atoms with Gasteiger partial charge in [-0.15, -0.1) is 0 Å². The maximum absolute atomic E-state index is 5.47. The molecule has 0 aliphatic carbocycles. The van der Waals surface area contributed by atoms with Crippen LogP contribution in [0.1, 0.15) is 52.7 Å². The lowest BCUT2D eigenvalue weighted by atomic mass is 9.33. The summed E-state index contributed by atoms with van der Waals surface area (Å²) in [6, 6.07) is 81.5. The molecule has 0 saturated carbocycles. The number of benzene rings is 13. The molecule has 0 amide bonds. The van der Waals surface area contributed by atoms with E-state index in [-0.39, 0.29) is 17.5 Å². The second-order valence-electron chi connectivity index (χ2n) is 24.0. The summed E-state index contributed by atoms with van der Waals surface area (Å²) in [5.74, 6) is 1.86. The monoisotopic (exact) mass is 1010 g/mol. The van der Waals surface area contributed by atoms with Gasteiger partial charge in [0.15, 0.2) is 17.5 Å². The third-order valence-electron chi connectivity index (χ3n) is 17.2. The maximum Gasteiger partial charge on any atom is 0.252 e. The molecule has 79 heavy (non-hydrogen) atoms. The smallest absolute Gasteiger partial charge is 0.252 e. The third-order valence-corrected chi connectivity index (χ3v) is 17.2. The summed E-state index contributed by atoms with van der Waals surface area (Å²) in [4.78, 5) is 21.3. The Morgan fingerprint density at radius 1 is 0.329 bits per heavy atom. The number of rotatable bonds is 5. The first-order valence-electron chi connectivity index (χ1n) is 27.7. The first kappa shape index (κ1) is 45.8. The molecular weight excluding hydrogens is 958 g/mol. The molecule has 16 rings (SSSR count). The van der Waals surface area contributed by atoms with Crippen molar-refractivity contribution < 1.29 is 0 Å². The molecule has 2 aliphatic heterocycles. The number of hydrogen-bond donors (Lipinski definition) is 0. The summed E-state index contributed by atoms with van der Waals surface area (Å²) in [6.07, 6.45) is 0. The summed E-state index contributed by atoms with van der Waals surface area (Å²) >= 11 is 0. The van der Waals surface area contributed by atoms with E-state index in [4.69, 9.17) is 15.0 Å². The Hall–Kier alpha value is -9.39. The van der Waals surface area contributed by atoms with Crippen LogP contribution >= 0.6 is 0 Å². The summed E-state index contributed by atoms with van der Waals surface area (Å²) in [5.41, 5.74) is 15.8. The van der Waals surface area contributed by atoms with Gasteiger partial charge in [-0.1, -0.05) is 224 Å². The molecule has 3 heterocycles.